The minimum atomic E-state index is -3.63. The number of hydrogen-bond acceptors (Lipinski definition) is 3. The topological polar surface area (TPSA) is 54.4 Å². The number of hydrogen-bond donors (Lipinski definition) is 1. The first-order chi connectivity index (χ1) is 21.4. The highest BCUT2D eigenvalue weighted by Crippen LogP contribution is 2.36. The van der Waals surface area contributed by atoms with E-state index in [9.17, 15) is 13.5 Å². The van der Waals surface area contributed by atoms with Crippen LogP contribution in [-0.4, -0.2) is 24.9 Å². The number of rotatable bonds is 22. The molecule has 1 N–H and O–H groups in total. The lowest BCUT2D eigenvalue weighted by atomic mass is 9.89. The second-order valence-electron chi connectivity index (χ2n) is 14.2. The molecule has 3 nitrogen and oxygen atoms in total. The van der Waals surface area contributed by atoms with E-state index in [0.29, 0.717) is 6.42 Å². The highest BCUT2D eigenvalue weighted by atomic mass is 32.2. The first-order valence-electron chi connectivity index (χ1n) is 17.6. The minimum Gasteiger partial charge on any atom is -0.384 e. The first kappa shape index (κ1) is 43.8. The van der Waals surface area contributed by atoms with E-state index in [0.717, 1.165) is 63.4 Å². The second kappa shape index (κ2) is 23.2. The number of allylic oxidation sites excluding steroid dienone is 13. The third kappa shape index (κ3) is 20.1. The van der Waals surface area contributed by atoms with Gasteiger partial charge in [0.1, 0.15) is 5.60 Å². The average Bonchev–Trinajstić information content (AvgIpc) is 2.94. The van der Waals surface area contributed by atoms with Crippen LogP contribution in [0.1, 0.15) is 160 Å². The van der Waals surface area contributed by atoms with Gasteiger partial charge < -0.3 is 5.11 Å². The van der Waals surface area contributed by atoms with Gasteiger partial charge in [0.25, 0.3) is 0 Å². The Morgan fingerprint density at radius 3 is 1.13 bits per heavy atom. The summed E-state index contributed by atoms with van der Waals surface area (Å²) < 4.78 is 27.3. The summed E-state index contributed by atoms with van der Waals surface area (Å²) in [6, 6.07) is 0. The minimum absolute atomic E-state index is 0.0242. The Balaban J connectivity index is 6.18. The molecule has 0 unspecified atom stereocenters. The Bertz CT molecular complexity index is 1220. The average molecular weight is 655 g/mol. The maximum atomic E-state index is 13.6. The summed E-state index contributed by atoms with van der Waals surface area (Å²) in [4.78, 5) is 0.225. The lowest BCUT2D eigenvalue weighted by Gasteiger charge is -2.31. The molecular formula is C42H70O3S. The molecule has 0 radical (unpaired) electrons. The monoisotopic (exact) mass is 655 g/mol. The fourth-order valence-corrected chi connectivity index (χ4v) is 7.09. The molecule has 4 heteroatoms. The van der Waals surface area contributed by atoms with Crippen LogP contribution in [0, 0.1) is 0 Å². The highest BCUT2D eigenvalue weighted by Gasteiger charge is 2.38. The molecule has 0 saturated heterocycles. The van der Waals surface area contributed by atoms with Gasteiger partial charge in [0.05, 0.1) is 10.7 Å². The summed E-state index contributed by atoms with van der Waals surface area (Å²) in [7, 11) is -3.63. The largest absolute Gasteiger partial charge is 0.384 e. The van der Waals surface area contributed by atoms with Crippen LogP contribution >= 0.6 is 0 Å². The third-order valence-electron chi connectivity index (χ3n) is 8.40. The smallest absolute Gasteiger partial charge is 0.177 e. The zero-order valence-corrected chi connectivity index (χ0v) is 32.7. The molecule has 0 spiro atoms. The Morgan fingerprint density at radius 2 is 0.804 bits per heavy atom. The summed E-state index contributed by atoms with van der Waals surface area (Å²) in [5.74, 6) is -0.0242. The molecule has 0 bridgehead atoms. The van der Waals surface area contributed by atoms with E-state index >= 15 is 0 Å². The molecule has 0 aromatic heterocycles. The molecule has 0 heterocycles. The summed E-state index contributed by atoms with van der Waals surface area (Å²) in [5, 5.41) is 12.3. The van der Waals surface area contributed by atoms with E-state index < -0.39 is 15.4 Å². The van der Waals surface area contributed by atoms with E-state index in [2.05, 4.69) is 112 Å². The van der Waals surface area contributed by atoms with Gasteiger partial charge in [-0.2, -0.15) is 0 Å². The predicted molar refractivity (Wildman–Crippen MR) is 206 cm³/mol. The molecule has 0 aromatic carbocycles. The fourth-order valence-electron chi connectivity index (χ4n) is 5.42. The van der Waals surface area contributed by atoms with Gasteiger partial charge in [-0.3, -0.25) is 0 Å². The van der Waals surface area contributed by atoms with Gasteiger partial charge in [0.2, 0.25) is 0 Å². The summed E-state index contributed by atoms with van der Waals surface area (Å²) in [5.41, 5.74) is 8.34. The normalized spacial score (nSPS) is 15.2. The highest BCUT2D eigenvalue weighted by molar-refractivity contribution is 7.95. The van der Waals surface area contributed by atoms with Crippen LogP contribution in [0.3, 0.4) is 0 Å². The number of aliphatic hydroxyl groups is 1. The fraction of sp³-hybridized carbons (Fsp3) is 0.619. The molecule has 0 atom stereocenters. The van der Waals surface area contributed by atoms with Crippen LogP contribution in [-0.2, 0) is 9.84 Å². The zero-order valence-electron chi connectivity index (χ0n) is 31.9. The molecule has 0 aliphatic rings. The maximum absolute atomic E-state index is 13.6. The van der Waals surface area contributed by atoms with E-state index in [1.54, 1.807) is 6.92 Å². The van der Waals surface area contributed by atoms with Crippen LogP contribution in [0.25, 0.3) is 0 Å². The molecule has 0 saturated carbocycles. The summed E-state index contributed by atoms with van der Waals surface area (Å²) >= 11 is 0. The van der Waals surface area contributed by atoms with Crippen molar-refractivity contribution < 1.29 is 13.5 Å². The molecule has 0 aliphatic heterocycles. The van der Waals surface area contributed by atoms with E-state index in [4.69, 9.17) is 0 Å². The molecule has 46 heavy (non-hydrogen) atoms. The van der Waals surface area contributed by atoms with Crippen molar-refractivity contribution in [2.75, 3.05) is 5.75 Å². The Morgan fingerprint density at radius 1 is 0.500 bits per heavy atom. The van der Waals surface area contributed by atoms with Crippen molar-refractivity contribution in [2.45, 2.75) is 166 Å². The van der Waals surface area contributed by atoms with Gasteiger partial charge in [0.15, 0.2) is 9.84 Å². The summed E-state index contributed by atoms with van der Waals surface area (Å²) in [6.45, 7) is 24.8. The first-order valence-corrected chi connectivity index (χ1v) is 19.3. The Hall–Kier alpha value is -2.17. The third-order valence-corrected chi connectivity index (χ3v) is 10.5. The van der Waals surface area contributed by atoms with E-state index in [1.165, 1.54) is 39.0 Å². The molecular weight excluding hydrogens is 585 g/mol. The van der Waals surface area contributed by atoms with Crippen molar-refractivity contribution in [3.8, 4) is 0 Å². The summed E-state index contributed by atoms with van der Waals surface area (Å²) in [6.07, 6.45) is 25.3. The van der Waals surface area contributed by atoms with Gasteiger partial charge in [-0.1, -0.05) is 94.0 Å². The standard InChI is InChI=1S/C42H70O3S/c1-13-46(44,45)41(40(12)28-16-21-35(6)7)42(43,31-29-38(10)26-17-24-36(8)22-14-19-33(2)3)32-30-39(11)27-18-25-37(9)23-15-20-34(4)5/h19-21,24-25,29-30,43H,13-18,22-23,26-28,31-32H2,1-12H3/b36-24?,37-25?,38-29?,39-30?,41-40-. The van der Waals surface area contributed by atoms with Gasteiger partial charge in [-0.05, 0) is 153 Å². The zero-order chi connectivity index (χ0) is 35.3. The Labute approximate surface area is 286 Å². The van der Waals surface area contributed by atoms with Crippen molar-refractivity contribution in [1.29, 1.82) is 0 Å². The Kier molecular flexibility index (Phi) is 22.1. The van der Waals surface area contributed by atoms with Gasteiger partial charge in [0, 0.05) is 0 Å². The number of sulfone groups is 1. The molecule has 0 rings (SSSR count). The van der Waals surface area contributed by atoms with Crippen molar-refractivity contribution >= 4 is 9.84 Å². The molecule has 0 aromatic rings. The molecule has 0 aliphatic carbocycles. The van der Waals surface area contributed by atoms with Crippen LogP contribution in [0.2, 0.25) is 0 Å². The maximum Gasteiger partial charge on any atom is 0.177 e. The van der Waals surface area contributed by atoms with Gasteiger partial charge in [-0.25, -0.2) is 8.42 Å². The van der Waals surface area contributed by atoms with Crippen molar-refractivity contribution in [2.24, 2.45) is 0 Å². The second-order valence-corrected chi connectivity index (χ2v) is 16.4. The van der Waals surface area contributed by atoms with Crippen molar-refractivity contribution in [3.05, 3.63) is 92.0 Å². The van der Waals surface area contributed by atoms with Crippen LogP contribution in [0.5, 0.6) is 0 Å². The van der Waals surface area contributed by atoms with Gasteiger partial charge >= 0.3 is 0 Å². The van der Waals surface area contributed by atoms with Crippen molar-refractivity contribution in [1.82, 2.24) is 0 Å². The van der Waals surface area contributed by atoms with Crippen LogP contribution in [0.15, 0.2) is 92.0 Å². The lowest BCUT2D eigenvalue weighted by molar-refractivity contribution is 0.0906. The SMILES string of the molecule is CCS(=O)(=O)/C(=C(/C)CCC=C(C)C)C(O)(CC=C(C)CCC=C(C)CCC=C(C)C)CC=C(C)CCC=C(C)CCC=C(C)C. The molecule has 0 fully saturated rings. The van der Waals surface area contributed by atoms with Crippen LogP contribution in [0.4, 0.5) is 0 Å². The van der Waals surface area contributed by atoms with Crippen molar-refractivity contribution in [3.63, 3.8) is 0 Å². The predicted octanol–water partition coefficient (Wildman–Crippen LogP) is 12.8. The molecule has 262 valence electrons. The van der Waals surface area contributed by atoms with E-state index in [-0.39, 0.29) is 23.5 Å². The van der Waals surface area contributed by atoms with Crippen LogP contribution < -0.4 is 0 Å². The lowest BCUT2D eigenvalue weighted by Crippen LogP contribution is -2.36. The van der Waals surface area contributed by atoms with E-state index in [1.807, 2.05) is 6.92 Å². The quantitative estimate of drug-likeness (QED) is 0.118. The van der Waals surface area contributed by atoms with Gasteiger partial charge in [-0.15, -0.1) is 0 Å². The molecule has 0 amide bonds.